The van der Waals surface area contributed by atoms with Gasteiger partial charge in [-0.3, -0.25) is 0 Å². The lowest BCUT2D eigenvalue weighted by Gasteiger charge is -2.21. The number of rotatable bonds is 1. The Kier molecular flexibility index (Phi) is 2.61. The molecule has 0 amide bonds. The highest BCUT2D eigenvalue weighted by molar-refractivity contribution is 7.13. The van der Waals surface area contributed by atoms with Gasteiger partial charge in [0.1, 0.15) is 5.82 Å². The first-order valence-electron chi connectivity index (χ1n) is 5.60. The molecule has 0 bridgehead atoms. The Morgan fingerprint density at radius 3 is 2.94 bits per heavy atom. The number of nitrogens with zero attached hydrogens (tertiary/aromatic N) is 1. The summed E-state index contributed by atoms with van der Waals surface area (Å²) in [6.07, 6.45) is 2.21. The van der Waals surface area contributed by atoms with Crippen LogP contribution in [-0.2, 0) is 0 Å². The molecule has 0 aliphatic carbocycles. The number of hydrogen-bond donors (Lipinski definition) is 1. The largest absolute Gasteiger partial charge is 0.317 e. The van der Waals surface area contributed by atoms with Crippen LogP contribution in [0.3, 0.4) is 0 Å². The van der Waals surface area contributed by atoms with E-state index in [2.05, 4.69) is 9.69 Å². The first kappa shape index (κ1) is 10.2. The van der Waals surface area contributed by atoms with Crippen LogP contribution in [0.4, 0.5) is 4.39 Å². The van der Waals surface area contributed by atoms with E-state index in [1.807, 2.05) is 6.07 Å². The summed E-state index contributed by atoms with van der Waals surface area (Å²) in [5.74, 6) is 0.333. The van der Waals surface area contributed by atoms with Gasteiger partial charge in [-0.15, -0.1) is 0 Å². The standard InChI is InChI=1S/C12H13FN2S/c13-9-1-2-11-10(7-9)12(15-16-11)8-3-5-14-6-4-8/h1-2,7-8,14H,3-6H2. The Morgan fingerprint density at radius 1 is 1.31 bits per heavy atom. The molecule has 0 spiro atoms. The molecular weight excluding hydrogens is 223 g/mol. The van der Waals surface area contributed by atoms with Crippen LogP contribution in [-0.4, -0.2) is 17.5 Å². The second-order valence-electron chi connectivity index (χ2n) is 4.23. The number of nitrogens with one attached hydrogen (secondary N) is 1. The van der Waals surface area contributed by atoms with Crippen molar-refractivity contribution in [2.45, 2.75) is 18.8 Å². The van der Waals surface area contributed by atoms with E-state index < -0.39 is 0 Å². The average molecular weight is 236 g/mol. The molecule has 1 aliphatic rings. The summed E-state index contributed by atoms with van der Waals surface area (Å²) in [6.45, 7) is 2.08. The number of aromatic nitrogens is 1. The van der Waals surface area contributed by atoms with Crippen molar-refractivity contribution in [2.24, 2.45) is 0 Å². The van der Waals surface area contributed by atoms with Crippen LogP contribution in [0.15, 0.2) is 18.2 Å². The maximum Gasteiger partial charge on any atom is 0.123 e. The molecule has 3 rings (SSSR count). The first-order chi connectivity index (χ1) is 7.84. The highest BCUT2D eigenvalue weighted by Crippen LogP contribution is 2.33. The lowest BCUT2D eigenvalue weighted by Crippen LogP contribution is -2.26. The predicted molar refractivity (Wildman–Crippen MR) is 64.4 cm³/mol. The van der Waals surface area contributed by atoms with E-state index in [1.165, 1.54) is 17.6 Å². The molecule has 2 nitrogen and oxygen atoms in total. The molecule has 1 fully saturated rings. The van der Waals surface area contributed by atoms with Crippen molar-refractivity contribution < 1.29 is 4.39 Å². The summed E-state index contributed by atoms with van der Waals surface area (Å²) in [4.78, 5) is 0. The molecular formula is C12H13FN2S. The minimum atomic E-state index is -0.164. The third-order valence-electron chi connectivity index (χ3n) is 3.19. The second-order valence-corrected chi connectivity index (χ2v) is 5.04. The number of piperidine rings is 1. The molecule has 0 unspecified atom stereocenters. The zero-order valence-electron chi connectivity index (χ0n) is 8.87. The van der Waals surface area contributed by atoms with Crippen molar-refractivity contribution in [1.82, 2.24) is 9.69 Å². The van der Waals surface area contributed by atoms with Gasteiger partial charge in [0, 0.05) is 11.3 Å². The highest BCUT2D eigenvalue weighted by Gasteiger charge is 2.20. The SMILES string of the molecule is Fc1ccc2snc(C3CCNCC3)c2c1. The fourth-order valence-corrected chi connectivity index (χ4v) is 3.15. The summed E-state index contributed by atoms with van der Waals surface area (Å²) < 4.78 is 18.8. The van der Waals surface area contributed by atoms with E-state index in [0.29, 0.717) is 5.92 Å². The van der Waals surface area contributed by atoms with Crippen LogP contribution in [0.25, 0.3) is 10.1 Å². The van der Waals surface area contributed by atoms with Crippen molar-refractivity contribution >= 4 is 21.6 Å². The van der Waals surface area contributed by atoms with Gasteiger partial charge in [-0.1, -0.05) is 0 Å². The van der Waals surface area contributed by atoms with Gasteiger partial charge in [0.05, 0.1) is 10.4 Å². The van der Waals surface area contributed by atoms with E-state index in [0.717, 1.165) is 41.7 Å². The average Bonchev–Trinajstić information content (AvgIpc) is 2.73. The van der Waals surface area contributed by atoms with Crippen LogP contribution in [0.1, 0.15) is 24.5 Å². The van der Waals surface area contributed by atoms with Crippen LogP contribution in [0, 0.1) is 5.82 Å². The molecule has 1 aliphatic heterocycles. The Labute approximate surface area is 97.6 Å². The van der Waals surface area contributed by atoms with Crippen molar-refractivity contribution in [3.8, 4) is 0 Å². The number of benzene rings is 1. The lowest BCUT2D eigenvalue weighted by atomic mass is 9.93. The molecule has 2 aromatic rings. The predicted octanol–water partition coefficient (Wildman–Crippen LogP) is 2.90. The molecule has 0 radical (unpaired) electrons. The molecule has 1 aromatic heterocycles. The van der Waals surface area contributed by atoms with Gasteiger partial charge in [-0.25, -0.2) is 4.39 Å². The fourth-order valence-electron chi connectivity index (χ4n) is 2.32. The molecule has 16 heavy (non-hydrogen) atoms. The maximum absolute atomic E-state index is 13.2. The number of halogens is 1. The Bertz CT molecular complexity index is 503. The first-order valence-corrected chi connectivity index (χ1v) is 6.37. The van der Waals surface area contributed by atoms with Crippen LogP contribution in [0.5, 0.6) is 0 Å². The van der Waals surface area contributed by atoms with Crippen LogP contribution in [0.2, 0.25) is 0 Å². The summed E-state index contributed by atoms with van der Waals surface area (Å²) in [5.41, 5.74) is 1.10. The van der Waals surface area contributed by atoms with Crippen molar-refractivity contribution in [2.75, 3.05) is 13.1 Å². The summed E-state index contributed by atoms with van der Waals surface area (Å²) >= 11 is 1.48. The molecule has 1 aromatic carbocycles. The molecule has 1 N–H and O–H groups in total. The maximum atomic E-state index is 13.2. The van der Waals surface area contributed by atoms with E-state index >= 15 is 0 Å². The number of fused-ring (bicyclic) bond motifs is 1. The van der Waals surface area contributed by atoms with Gasteiger partial charge >= 0.3 is 0 Å². The fraction of sp³-hybridized carbons (Fsp3) is 0.417. The third kappa shape index (κ3) is 1.72. The van der Waals surface area contributed by atoms with Gasteiger partial charge in [0.15, 0.2) is 0 Å². The van der Waals surface area contributed by atoms with Gasteiger partial charge in [0.2, 0.25) is 0 Å². The Balaban J connectivity index is 2.05. The summed E-state index contributed by atoms with van der Waals surface area (Å²) in [6, 6.07) is 4.95. The monoisotopic (exact) mass is 236 g/mol. The molecule has 0 saturated carbocycles. The van der Waals surface area contributed by atoms with E-state index in [4.69, 9.17) is 0 Å². The highest BCUT2D eigenvalue weighted by atomic mass is 32.1. The van der Waals surface area contributed by atoms with E-state index in [1.54, 1.807) is 6.07 Å². The van der Waals surface area contributed by atoms with Gasteiger partial charge in [-0.2, -0.15) is 4.37 Å². The molecule has 4 heteroatoms. The molecule has 84 valence electrons. The van der Waals surface area contributed by atoms with E-state index in [-0.39, 0.29) is 5.82 Å². The van der Waals surface area contributed by atoms with Crippen LogP contribution < -0.4 is 5.32 Å². The lowest BCUT2D eigenvalue weighted by molar-refractivity contribution is 0.457. The topological polar surface area (TPSA) is 24.9 Å². The van der Waals surface area contributed by atoms with Gasteiger partial charge in [-0.05, 0) is 55.7 Å². The van der Waals surface area contributed by atoms with Crippen LogP contribution >= 0.6 is 11.5 Å². The minimum Gasteiger partial charge on any atom is -0.317 e. The molecule has 1 saturated heterocycles. The Hall–Kier alpha value is -1.00. The summed E-state index contributed by atoms with van der Waals surface area (Å²) in [7, 11) is 0. The zero-order chi connectivity index (χ0) is 11.0. The third-order valence-corrected chi connectivity index (χ3v) is 4.03. The van der Waals surface area contributed by atoms with Crippen molar-refractivity contribution in [3.63, 3.8) is 0 Å². The second kappa shape index (κ2) is 4.11. The zero-order valence-corrected chi connectivity index (χ0v) is 9.69. The minimum absolute atomic E-state index is 0.164. The summed E-state index contributed by atoms with van der Waals surface area (Å²) in [5, 5.41) is 4.35. The van der Waals surface area contributed by atoms with Crippen molar-refractivity contribution in [3.05, 3.63) is 29.7 Å². The quantitative estimate of drug-likeness (QED) is 0.823. The normalized spacial score (nSPS) is 18.1. The smallest absolute Gasteiger partial charge is 0.123 e. The van der Waals surface area contributed by atoms with E-state index in [9.17, 15) is 4.39 Å². The Morgan fingerprint density at radius 2 is 2.12 bits per heavy atom. The number of hydrogen-bond acceptors (Lipinski definition) is 3. The molecule has 2 heterocycles. The van der Waals surface area contributed by atoms with Gasteiger partial charge < -0.3 is 5.32 Å². The molecule has 0 atom stereocenters. The van der Waals surface area contributed by atoms with Gasteiger partial charge in [0.25, 0.3) is 0 Å². The van der Waals surface area contributed by atoms with Crippen molar-refractivity contribution in [1.29, 1.82) is 0 Å².